The van der Waals surface area contributed by atoms with Crippen LogP contribution in [-0.2, 0) is 5.60 Å². The number of benzene rings is 2. The normalized spacial score (nSPS) is 28.7. The van der Waals surface area contributed by atoms with Gasteiger partial charge in [-0.3, -0.25) is 9.88 Å². The smallest absolute Gasteiger partial charge is 0.317 e. The number of aliphatic hydroxyl groups is 1. The Hall–Kier alpha value is -3.43. The van der Waals surface area contributed by atoms with E-state index in [2.05, 4.69) is 9.88 Å². The summed E-state index contributed by atoms with van der Waals surface area (Å²) in [5, 5.41) is 14.2. The highest BCUT2D eigenvalue weighted by molar-refractivity contribution is 5.95. The zero-order valence-corrected chi connectivity index (χ0v) is 24.3. The summed E-state index contributed by atoms with van der Waals surface area (Å²) in [7, 11) is 0. The number of hydrogen-bond acceptors (Lipinski definition) is 7. The molecule has 4 fully saturated rings. The zero-order valence-electron chi connectivity index (χ0n) is 24.3. The molecule has 1 N–H and O–H groups in total. The SMILES string of the molecule is OC1(c2nc(OCC34CCCN3CCC4)nc3ccncc23)CCC2(CCC(F)N(c3cccc4cccc(F)c34)C2)C1. The van der Waals surface area contributed by atoms with Crippen LogP contribution in [0.2, 0.25) is 0 Å². The Labute approximate surface area is 249 Å². The lowest BCUT2D eigenvalue weighted by Gasteiger charge is -2.44. The van der Waals surface area contributed by atoms with E-state index in [1.54, 1.807) is 29.4 Å². The summed E-state index contributed by atoms with van der Waals surface area (Å²) in [6, 6.07) is 12.6. The monoisotopic (exact) mass is 585 g/mol. The molecule has 0 amide bonds. The molecule has 0 bridgehead atoms. The van der Waals surface area contributed by atoms with Gasteiger partial charge in [0, 0.05) is 35.4 Å². The van der Waals surface area contributed by atoms with Gasteiger partial charge in [0.1, 0.15) is 18.0 Å². The highest BCUT2D eigenvalue weighted by Crippen LogP contribution is 2.55. The van der Waals surface area contributed by atoms with Crippen molar-refractivity contribution in [2.45, 2.75) is 75.2 Å². The lowest BCUT2D eigenvalue weighted by Crippen LogP contribution is -2.47. The lowest BCUT2D eigenvalue weighted by atomic mass is 9.76. The van der Waals surface area contributed by atoms with Crippen LogP contribution in [0.25, 0.3) is 21.7 Å². The Morgan fingerprint density at radius 2 is 1.79 bits per heavy atom. The number of anilines is 1. The van der Waals surface area contributed by atoms with Gasteiger partial charge in [0.15, 0.2) is 6.30 Å². The molecule has 1 spiro atoms. The van der Waals surface area contributed by atoms with Crippen molar-refractivity contribution in [3.63, 3.8) is 0 Å². The number of ether oxygens (including phenoxy) is 1. The number of nitrogens with zero attached hydrogens (tertiary/aromatic N) is 5. The third-order valence-electron chi connectivity index (χ3n) is 10.8. The second-order valence-corrected chi connectivity index (χ2v) is 13.4. The van der Waals surface area contributed by atoms with Gasteiger partial charge in [0.05, 0.1) is 16.7 Å². The minimum atomic E-state index is -1.24. The van der Waals surface area contributed by atoms with Gasteiger partial charge in [-0.1, -0.05) is 24.3 Å². The highest BCUT2D eigenvalue weighted by Gasteiger charge is 2.53. The van der Waals surface area contributed by atoms with Crippen LogP contribution in [0.1, 0.15) is 63.5 Å². The van der Waals surface area contributed by atoms with Gasteiger partial charge in [-0.15, -0.1) is 0 Å². The molecule has 224 valence electrons. The van der Waals surface area contributed by atoms with Crippen LogP contribution in [0.5, 0.6) is 6.01 Å². The standard InChI is InChI=1S/C34H37F2N5O2/c35-25-7-1-5-23-6-2-8-27(29(23)25)41-21-32(13-9-28(41)36)14-15-34(42,20-32)30-24-19-37-16-10-26(24)38-31(39-30)43-22-33-11-3-17-40(33)18-4-12-33/h1-2,5-8,10,16,19,28,42H,3-4,9,11-15,17-18,20-22H2. The van der Waals surface area contributed by atoms with Gasteiger partial charge in [0.2, 0.25) is 0 Å². The fourth-order valence-electron chi connectivity index (χ4n) is 8.72. The number of fused-ring (bicyclic) bond motifs is 3. The lowest BCUT2D eigenvalue weighted by molar-refractivity contribution is 0.0198. The first-order valence-electron chi connectivity index (χ1n) is 15.7. The molecule has 2 aromatic carbocycles. The van der Waals surface area contributed by atoms with Crippen molar-refractivity contribution in [2.75, 3.05) is 31.1 Å². The second kappa shape index (κ2) is 10.1. The number of halogens is 2. The molecule has 3 atom stereocenters. The van der Waals surface area contributed by atoms with E-state index in [1.807, 2.05) is 24.3 Å². The summed E-state index contributed by atoms with van der Waals surface area (Å²) in [5.74, 6) is -0.354. The van der Waals surface area contributed by atoms with E-state index in [4.69, 9.17) is 14.7 Å². The molecule has 43 heavy (non-hydrogen) atoms. The molecule has 4 aromatic rings. The summed E-state index contributed by atoms with van der Waals surface area (Å²) < 4.78 is 37.0. The molecular formula is C34H37F2N5O2. The molecule has 7 nitrogen and oxygen atoms in total. The Morgan fingerprint density at radius 1 is 0.977 bits per heavy atom. The molecular weight excluding hydrogens is 548 g/mol. The minimum absolute atomic E-state index is 0.0561. The van der Waals surface area contributed by atoms with Gasteiger partial charge in [-0.05, 0) is 99.9 Å². The maximum atomic E-state index is 15.6. The summed E-state index contributed by atoms with van der Waals surface area (Å²) in [5.41, 5.74) is 0.259. The van der Waals surface area contributed by atoms with E-state index in [0.717, 1.165) is 31.3 Å². The van der Waals surface area contributed by atoms with Gasteiger partial charge in [0.25, 0.3) is 0 Å². The second-order valence-electron chi connectivity index (χ2n) is 13.4. The van der Waals surface area contributed by atoms with Gasteiger partial charge >= 0.3 is 6.01 Å². The Morgan fingerprint density at radius 3 is 2.63 bits per heavy atom. The molecule has 0 radical (unpaired) electrons. The number of pyridine rings is 1. The Bertz CT molecular complexity index is 1690. The quantitative estimate of drug-likeness (QED) is 0.277. The first-order chi connectivity index (χ1) is 20.9. The predicted molar refractivity (Wildman–Crippen MR) is 161 cm³/mol. The predicted octanol–water partition coefficient (Wildman–Crippen LogP) is 6.28. The first kappa shape index (κ1) is 27.1. The molecule has 8 rings (SSSR count). The molecule has 5 heterocycles. The van der Waals surface area contributed by atoms with Crippen LogP contribution in [0.3, 0.4) is 0 Å². The topological polar surface area (TPSA) is 74.6 Å². The number of aromatic nitrogens is 3. The summed E-state index contributed by atoms with van der Waals surface area (Å²) in [6.07, 6.45) is 9.38. The summed E-state index contributed by atoms with van der Waals surface area (Å²) in [4.78, 5) is 18.2. The first-order valence-corrected chi connectivity index (χ1v) is 15.7. The van der Waals surface area contributed by atoms with Crippen LogP contribution >= 0.6 is 0 Å². The van der Waals surface area contributed by atoms with Gasteiger partial charge < -0.3 is 14.7 Å². The van der Waals surface area contributed by atoms with Crippen molar-refractivity contribution in [1.82, 2.24) is 19.9 Å². The maximum Gasteiger partial charge on any atom is 0.317 e. The number of piperidine rings is 1. The maximum absolute atomic E-state index is 15.6. The molecule has 2 aromatic heterocycles. The van der Waals surface area contributed by atoms with Crippen LogP contribution in [0, 0.1) is 11.2 Å². The fraction of sp³-hybridized carbons (Fsp3) is 0.500. The van der Waals surface area contributed by atoms with Crippen LogP contribution < -0.4 is 9.64 Å². The van der Waals surface area contributed by atoms with E-state index in [9.17, 15) is 5.11 Å². The van der Waals surface area contributed by atoms with E-state index in [-0.39, 0.29) is 22.8 Å². The number of rotatable bonds is 5. The van der Waals surface area contributed by atoms with Crippen molar-refractivity contribution in [3.8, 4) is 6.01 Å². The van der Waals surface area contributed by atoms with Gasteiger partial charge in [-0.25, -0.2) is 8.78 Å². The summed E-state index contributed by atoms with van der Waals surface area (Å²) in [6.45, 7) is 3.17. The number of alkyl halides is 1. The van der Waals surface area contributed by atoms with Crippen molar-refractivity contribution in [1.29, 1.82) is 0 Å². The molecule has 4 aliphatic rings. The zero-order chi connectivity index (χ0) is 29.2. The van der Waals surface area contributed by atoms with Crippen LogP contribution in [-0.4, -0.2) is 63.0 Å². The average molecular weight is 586 g/mol. The largest absolute Gasteiger partial charge is 0.461 e. The average Bonchev–Trinajstić information content (AvgIpc) is 3.70. The highest BCUT2D eigenvalue weighted by atomic mass is 19.1. The van der Waals surface area contributed by atoms with Crippen molar-refractivity contribution >= 4 is 27.4 Å². The van der Waals surface area contributed by atoms with Crippen LogP contribution in [0.15, 0.2) is 54.9 Å². The minimum Gasteiger partial charge on any atom is -0.461 e. The number of hydrogen-bond donors (Lipinski definition) is 1. The molecule has 3 aliphatic heterocycles. The van der Waals surface area contributed by atoms with Gasteiger partial charge in [-0.2, -0.15) is 9.97 Å². The van der Waals surface area contributed by atoms with E-state index >= 15 is 8.78 Å². The molecule has 1 aliphatic carbocycles. The molecule has 9 heteroatoms. The van der Waals surface area contributed by atoms with Crippen molar-refractivity contribution in [2.24, 2.45) is 5.41 Å². The van der Waals surface area contributed by atoms with Crippen LogP contribution in [0.4, 0.5) is 14.5 Å². The van der Waals surface area contributed by atoms with E-state index in [0.29, 0.717) is 72.9 Å². The third kappa shape index (κ3) is 4.46. The van der Waals surface area contributed by atoms with Crippen molar-refractivity contribution in [3.05, 3.63) is 66.4 Å². The molecule has 3 saturated heterocycles. The fourth-order valence-corrected chi connectivity index (χ4v) is 8.72. The molecule has 3 unspecified atom stereocenters. The Balaban J connectivity index is 1.11. The summed E-state index contributed by atoms with van der Waals surface area (Å²) >= 11 is 0. The van der Waals surface area contributed by atoms with E-state index in [1.165, 1.54) is 18.9 Å². The van der Waals surface area contributed by atoms with Crippen molar-refractivity contribution < 1.29 is 18.6 Å². The molecule has 1 saturated carbocycles. The third-order valence-corrected chi connectivity index (χ3v) is 10.8. The van der Waals surface area contributed by atoms with E-state index < -0.39 is 11.9 Å². The Kier molecular flexibility index (Phi) is 6.35.